The lowest BCUT2D eigenvalue weighted by molar-refractivity contribution is -0.132. The Morgan fingerprint density at radius 3 is 2.68 bits per heavy atom. The summed E-state index contributed by atoms with van der Waals surface area (Å²) in [5.41, 5.74) is 3.70. The van der Waals surface area contributed by atoms with Crippen LogP contribution in [-0.4, -0.2) is 56.4 Å². The van der Waals surface area contributed by atoms with Gasteiger partial charge in [-0.1, -0.05) is 30.3 Å². The number of pyridine rings is 2. The van der Waals surface area contributed by atoms with E-state index in [0.29, 0.717) is 39.3 Å². The summed E-state index contributed by atoms with van der Waals surface area (Å²) in [6.07, 6.45) is 1.62. The molecule has 8 heteroatoms. The van der Waals surface area contributed by atoms with E-state index >= 15 is 0 Å². The van der Waals surface area contributed by atoms with Crippen LogP contribution in [0.4, 0.5) is 0 Å². The number of hydrogen-bond acceptors (Lipinski definition) is 7. The number of nitrogens with zero attached hydrogens (tertiary/aromatic N) is 5. The number of para-hydroxylation sites is 1. The predicted molar refractivity (Wildman–Crippen MR) is 132 cm³/mol. The molecule has 34 heavy (non-hydrogen) atoms. The zero-order valence-corrected chi connectivity index (χ0v) is 19.9. The first-order valence-corrected chi connectivity index (χ1v) is 12.3. The lowest BCUT2D eigenvalue weighted by atomic mass is 10.2. The molecular formula is C26H27N5O2S. The van der Waals surface area contributed by atoms with Crippen LogP contribution >= 0.6 is 11.3 Å². The number of aryl methyl sites for hydroxylation is 1. The molecule has 1 unspecified atom stereocenters. The van der Waals surface area contributed by atoms with E-state index in [2.05, 4.69) is 27.0 Å². The molecule has 0 bridgehead atoms. The van der Waals surface area contributed by atoms with Crippen molar-refractivity contribution in [2.24, 2.45) is 0 Å². The van der Waals surface area contributed by atoms with Gasteiger partial charge in [-0.15, -0.1) is 11.3 Å². The molecule has 5 rings (SSSR count). The molecule has 0 spiro atoms. The van der Waals surface area contributed by atoms with Gasteiger partial charge in [0, 0.05) is 36.6 Å². The number of benzene rings is 1. The Balaban J connectivity index is 1.33. The normalized spacial score (nSPS) is 17.3. The second-order valence-electron chi connectivity index (χ2n) is 8.55. The topological polar surface area (TPSA) is 71.5 Å². The minimum absolute atomic E-state index is 0.0791. The van der Waals surface area contributed by atoms with Crippen molar-refractivity contribution < 1.29 is 9.53 Å². The van der Waals surface area contributed by atoms with Crippen molar-refractivity contribution in [3.05, 3.63) is 88.3 Å². The number of rotatable bonds is 7. The van der Waals surface area contributed by atoms with Crippen LogP contribution in [0.2, 0.25) is 0 Å². The molecule has 174 valence electrons. The van der Waals surface area contributed by atoms with E-state index in [0.717, 1.165) is 33.0 Å². The van der Waals surface area contributed by atoms with Crippen LogP contribution in [0.25, 0.3) is 10.9 Å². The molecule has 1 aromatic carbocycles. The van der Waals surface area contributed by atoms with Crippen LogP contribution < -0.4 is 0 Å². The molecule has 1 fully saturated rings. The number of ether oxygens (including phenoxy) is 1. The molecular weight excluding hydrogens is 446 g/mol. The molecule has 1 amide bonds. The molecule has 0 radical (unpaired) electrons. The number of carbonyl (C=O) groups is 1. The maximum atomic E-state index is 13.2. The number of hydrogen-bond donors (Lipinski definition) is 0. The van der Waals surface area contributed by atoms with Gasteiger partial charge in [-0.05, 0) is 31.2 Å². The van der Waals surface area contributed by atoms with Gasteiger partial charge in [0.2, 0.25) is 5.91 Å². The van der Waals surface area contributed by atoms with Gasteiger partial charge in [0.25, 0.3) is 0 Å². The first-order valence-electron chi connectivity index (χ1n) is 11.4. The largest absolute Gasteiger partial charge is 0.369 e. The number of amides is 1. The van der Waals surface area contributed by atoms with Crippen LogP contribution in [0.5, 0.6) is 0 Å². The number of aromatic nitrogens is 3. The van der Waals surface area contributed by atoms with Crippen molar-refractivity contribution in [3.8, 4) is 0 Å². The van der Waals surface area contributed by atoms with Gasteiger partial charge in [-0.2, -0.15) is 0 Å². The van der Waals surface area contributed by atoms with Crippen molar-refractivity contribution in [2.75, 3.05) is 19.6 Å². The van der Waals surface area contributed by atoms with E-state index < -0.39 is 0 Å². The first-order chi connectivity index (χ1) is 16.6. The Morgan fingerprint density at radius 2 is 1.85 bits per heavy atom. The van der Waals surface area contributed by atoms with Gasteiger partial charge in [0.1, 0.15) is 0 Å². The highest BCUT2D eigenvalue weighted by atomic mass is 32.1. The number of carbonyl (C=O) groups excluding carboxylic acids is 1. The van der Waals surface area contributed by atoms with E-state index in [-0.39, 0.29) is 12.0 Å². The van der Waals surface area contributed by atoms with E-state index in [1.165, 1.54) is 0 Å². The quantitative estimate of drug-likeness (QED) is 0.406. The fourth-order valence-corrected chi connectivity index (χ4v) is 4.82. The van der Waals surface area contributed by atoms with Gasteiger partial charge < -0.3 is 9.64 Å². The molecule has 1 aliphatic heterocycles. The van der Waals surface area contributed by atoms with Gasteiger partial charge in [-0.25, -0.2) is 4.98 Å². The van der Waals surface area contributed by atoms with Gasteiger partial charge >= 0.3 is 0 Å². The third kappa shape index (κ3) is 5.64. The molecule has 4 aromatic rings. The second kappa shape index (κ2) is 10.4. The molecule has 4 heterocycles. The molecule has 0 N–H and O–H groups in total. The summed E-state index contributed by atoms with van der Waals surface area (Å²) in [5.74, 6) is 0.0791. The van der Waals surface area contributed by atoms with Crippen molar-refractivity contribution in [1.82, 2.24) is 24.8 Å². The summed E-state index contributed by atoms with van der Waals surface area (Å²) < 4.78 is 6.27. The molecule has 7 nitrogen and oxygen atoms in total. The lowest BCUT2D eigenvalue weighted by Gasteiger charge is -2.24. The van der Waals surface area contributed by atoms with E-state index in [9.17, 15) is 4.79 Å². The first kappa shape index (κ1) is 22.6. The van der Waals surface area contributed by atoms with Crippen molar-refractivity contribution in [1.29, 1.82) is 0 Å². The number of thiazole rings is 1. The zero-order valence-electron chi connectivity index (χ0n) is 19.1. The molecule has 1 atom stereocenters. The average Bonchev–Trinajstić information content (AvgIpc) is 3.20. The molecule has 0 aliphatic carbocycles. The van der Waals surface area contributed by atoms with Gasteiger partial charge in [0.05, 0.1) is 53.4 Å². The van der Waals surface area contributed by atoms with Crippen LogP contribution in [0.1, 0.15) is 22.1 Å². The standard InChI is InChI=1S/C26H27N5O2S/c1-19-28-23(18-34-19)13-31-15-24(33-17-22-7-4-5-11-27-22)14-30(16-26(31)32)12-21-10-9-20-6-2-3-8-25(20)29-21/h2-11,18,24H,12-17H2,1H3. The molecule has 1 aliphatic rings. The SMILES string of the molecule is Cc1nc(CN2CC(OCc3ccccn3)CN(Cc3ccc4ccccc4n3)CC2=O)cs1. The third-order valence-corrected chi connectivity index (χ3v) is 6.67. The van der Waals surface area contributed by atoms with Crippen LogP contribution in [0.3, 0.4) is 0 Å². The Bertz CT molecular complexity index is 1260. The van der Waals surface area contributed by atoms with Crippen molar-refractivity contribution >= 4 is 28.1 Å². The van der Waals surface area contributed by atoms with Gasteiger partial charge in [0.15, 0.2) is 0 Å². The maximum absolute atomic E-state index is 13.2. The Morgan fingerprint density at radius 1 is 0.971 bits per heavy atom. The Labute approximate surface area is 203 Å². The third-order valence-electron chi connectivity index (χ3n) is 5.85. The zero-order chi connectivity index (χ0) is 23.3. The average molecular weight is 474 g/mol. The summed E-state index contributed by atoms with van der Waals surface area (Å²) in [5, 5.41) is 4.14. The summed E-state index contributed by atoms with van der Waals surface area (Å²) >= 11 is 1.60. The monoisotopic (exact) mass is 473 g/mol. The van der Waals surface area contributed by atoms with Crippen LogP contribution in [0, 0.1) is 6.92 Å². The maximum Gasteiger partial charge on any atom is 0.237 e. The highest BCUT2D eigenvalue weighted by Crippen LogP contribution is 2.18. The summed E-state index contributed by atoms with van der Waals surface area (Å²) in [7, 11) is 0. The Kier molecular flexibility index (Phi) is 6.89. The van der Waals surface area contributed by atoms with E-state index in [1.54, 1.807) is 17.5 Å². The highest BCUT2D eigenvalue weighted by Gasteiger charge is 2.29. The molecule has 1 saturated heterocycles. The second-order valence-corrected chi connectivity index (χ2v) is 9.61. The van der Waals surface area contributed by atoms with E-state index in [4.69, 9.17) is 9.72 Å². The molecule has 0 saturated carbocycles. The summed E-state index contributed by atoms with van der Waals surface area (Å²) in [6, 6.07) is 18.0. The van der Waals surface area contributed by atoms with Crippen molar-refractivity contribution in [3.63, 3.8) is 0 Å². The summed E-state index contributed by atoms with van der Waals surface area (Å²) in [4.78, 5) is 31.0. The molecule has 3 aromatic heterocycles. The van der Waals surface area contributed by atoms with E-state index in [1.807, 2.05) is 59.7 Å². The lowest BCUT2D eigenvalue weighted by Crippen LogP contribution is -2.37. The number of fused-ring (bicyclic) bond motifs is 1. The minimum atomic E-state index is -0.145. The van der Waals surface area contributed by atoms with Crippen molar-refractivity contribution in [2.45, 2.75) is 32.7 Å². The minimum Gasteiger partial charge on any atom is -0.369 e. The Hall–Kier alpha value is -3.20. The van der Waals surface area contributed by atoms with Crippen LogP contribution in [-0.2, 0) is 29.2 Å². The fraction of sp³-hybridized carbons (Fsp3) is 0.308. The fourth-order valence-electron chi connectivity index (χ4n) is 4.22. The van der Waals surface area contributed by atoms with Gasteiger partial charge in [-0.3, -0.25) is 19.7 Å². The highest BCUT2D eigenvalue weighted by molar-refractivity contribution is 7.09. The summed E-state index contributed by atoms with van der Waals surface area (Å²) in [6.45, 7) is 4.95. The smallest absolute Gasteiger partial charge is 0.237 e. The van der Waals surface area contributed by atoms with Crippen LogP contribution in [0.15, 0.2) is 66.2 Å². The predicted octanol–water partition coefficient (Wildman–Crippen LogP) is 3.82.